The third kappa shape index (κ3) is 3.73. The molecule has 9 heteroatoms. The fourth-order valence-electron chi connectivity index (χ4n) is 2.02. The topological polar surface area (TPSA) is 81.5 Å². The largest absolute Gasteiger partial charge is 0.451 e. The van der Waals surface area contributed by atoms with Crippen LogP contribution in [0.5, 0.6) is 0 Å². The van der Waals surface area contributed by atoms with Gasteiger partial charge in [0.2, 0.25) is 5.82 Å². The maximum absolute atomic E-state index is 12.8. The highest BCUT2D eigenvalue weighted by molar-refractivity contribution is 5.50. The number of anilines is 2. The van der Waals surface area contributed by atoms with Crippen molar-refractivity contribution < 1.29 is 23.4 Å². The van der Waals surface area contributed by atoms with Gasteiger partial charge in [-0.1, -0.05) is 6.92 Å². The van der Waals surface area contributed by atoms with Gasteiger partial charge in [-0.25, -0.2) is 9.97 Å². The Morgan fingerprint density at radius 2 is 1.90 bits per heavy atom. The molecule has 0 radical (unpaired) electrons. The molecule has 118 valence electrons. The number of hydrogen-bond acceptors (Lipinski definition) is 6. The molecule has 2 rings (SSSR count). The number of β-amino-alcohol motifs (C(OH)–C–C–N with tert-alkyl or cyclic N) is 2. The Kier molecular flexibility index (Phi) is 4.52. The molecule has 0 bridgehead atoms. The van der Waals surface area contributed by atoms with Crippen molar-refractivity contribution in [1.82, 2.24) is 9.97 Å². The summed E-state index contributed by atoms with van der Waals surface area (Å²) in [5.74, 6) is -1.13. The van der Waals surface area contributed by atoms with E-state index < -0.39 is 24.2 Å². The lowest BCUT2D eigenvalue weighted by Gasteiger charge is -2.19. The lowest BCUT2D eigenvalue weighted by Crippen LogP contribution is -2.24. The van der Waals surface area contributed by atoms with Gasteiger partial charge in [0, 0.05) is 25.7 Å². The van der Waals surface area contributed by atoms with E-state index in [1.165, 1.54) is 11.0 Å². The van der Waals surface area contributed by atoms with E-state index in [0.717, 1.165) is 6.42 Å². The van der Waals surface area contributed by atoms with Crippen LogP contribution in [0.2, 0.25) is 0 Å². The molecule has 0 aromatic carbocycles. The quantitative estimate of drug-likeness (QED) is 0.765. The van der Waals surface area contributed by atoms with Crippen molar-refractivity contribution in [2.45, 2.75) is 31.7 Å². The maximum atomic E-state index is 12.8. The summed E-state index contributed by atoms with van der Waals surface area (Å²) in [6, 6.07) is 1.38. The van der Waals surface area contributed by atoms with E-state index in [9.17, 15) is 23.4 Å². The third-order valence-electron chi connectivity index (χ3n) is 3.11. The summed E-state index contributed by atoms with van der Waals surface area (Å²) in [6.45, 7) is 2.43. The van der Waals surface area contributed by atoms with Gasteiger partial charge in [-0.15, -0.1) is 0 Å². The number of hydrogen-bond donors (Lipinski definition) is 3. The maximum Gasteiger partial charge on any atom is 0.451 e. The van der Waals surface area contributed by atoms with Gasteiger partial charge in [0.15, 0.2) is 0 Å². The molecule has 1 aromatic heterocycles. The van der Waals surface area contributed by atoms with Gasteiger partial charge in [0.05, 0.1) is 12.2 Å². The van der Waals surface area contributed by atoms with Gasteiger partial charge >= 0.3 is 6.18 Å². The number of aromatic nitrogens is 2. The average Bonchev–Trinajstić information content (AvgIpc) is 2.75. The van der Waals surface area contributed by atoms with E-state index >= 15 is 0 Å². The zero-order chi connectivity index (χ0) is 15.6. The van der Waals surface area contributed by atoms with Crippen molar-refractivity contribution in [3.63, 3.8) is 0 Å². The molecule has 3 N–H and O–H groups in total. The fraction of sp³-hybridized carbons (Fsp3) is 0.667. The summed E-state index contributed by atoms with van der Waals surface area (Å²) in [6.07, 6.45) is -5.92. The molecule has 1 fully saturated rings. The highest BCUT2D eigenvalue weighted by Gasteiger charge is 2.37. The average molecular weight is 306 g/mol. The van der Waals surface area contributed by atoms with Crippen molar-refractivity contribution in [3.05, 3.63) is 11.9 Å². The Morgan fingerprint density at radius 3 is 2.43 bits per heavy atom. The molecular formula is C12H17F3N4O2. The minimum Gasteiger partial charge on any atom is -0.389 e. The molecule has 6 nitrogen and oxygen atoms in total. The van der Waals surface area contributed by atoms with E-state index in [2.05, 4.69) is 15.3 Å². The van der Waals surface area contributed by atoms with Crippen molar-refractivity contribution in [2.75, 3.05) is 29.9 Å². The second-order valence-corrected chi connectivity index (χ2v) is 4.90. The summed E-state index contributed by atoms with van der Waals surface area (Å²) >= 11 is 0. The Morgan fingerprint density at radius 1 is 1.29 bits per heavy atom. The molecule has 0 amide bonds. The molecule has 1 saturated heterocycles. The minimum atomic E-state index is -4.66. The molecule has 2 atom stereocenters. The lowest BCUT2D eigenvalue weighted by molar-refractivity contribution is -0.144. The highest BCUT2D eigenvalue weighted by Crippen LogP contribution is 2.30. The fourth-order valence-corrected chi connectivity index (χ4v) is 2.02. The molecule has 0 saturated carbocycles. The van der Waals surface area contributed by atoms with Crippen molar-refractivity contribution in [1.29, 1.82) is 0 Å². The summed E-state index contributed by atoms with van der Waals surface area (Å²) in [4.78, 5) is 8.35. The summed E-state index contributed by atoms with van der Waals surface area (Å²) in [5, 5.41) is 21.8. The first-order chi connectivity index (χ1) is 9.81. The zero-order valence-electron chi connectivity index (χ0n) is 11.4. The van der Waals surface area contributed by atoms with Crippen LogP contribution in [0.25, 0.3) is 0 Å². The predicted octanol–water partition coefficient (Wildman–Crippen LogP) is 0.859. The van der Waals surface area contributed by atoms with Crippen molar-refractivity contribution >= 4 is 11.6 Å². The van der Waals surface area contributed by atoms with Gasteiger partial charge < -0.3 is 20.4 Å². The minimum absolute atomic E-state index is 0.0305. The normalized spacial score (nSPS) is 22.7. The van der Waals surface area contributed by atoms with Crippen LogP contribution in [0.3, 0.4) is 0 Å². The Balaban J connectivity index is 2.31. The van der Waals surface area contributed by atoms with Crippen LogP contribution < -0.4 is 10.2 Å². The Hall–Kier alpha value is -1.61. The van der Waals surface area contributed by atoms with E-state index in [-0.39, 0.29) is 24.7 Å². The predicted molar refractivity (Wildman–Crippen MR) is 70.0 cm³/mol. The summed E-state index contributed by atoms with van der Waals surface area (Å²) < 4.78 is 38.5. The standard InChI is InChI=1S/C12H17F3N4O2/c1-2-3-16-9-4-10(18-11(17-9)12(13,14)15)19-5-7(20)8(21)6-19/h4,7-8,20-21H,2-3,5-6H2,1H3,(H,16,17,18). The lowest BCUT2D eigenvalue weighted by atomic mass is 10.3. The molecule has 1 aliphatic heterocycles. The van der Waals surface area contributed by atoms with Crippen LogP contribution in [-0.4, -0.2) is 52.0 Å². The zero-order valence-corrected chi connectivity index (χ0v) is 11.4. The molecule has 1 aromatic rings. The molecular weight excluding hydrogens is 289 g/mol. The van der Waals surface area contributed by atoms with Gasteiger partial charge in [0.25, 0.3) is 0 Å². The van der Waals surface area contributed by atoms with Crippen LogP contribution in [0, 0.1) is 0 Å². The number of alkyl halides is 3. The SMILES string of the molecule is CCCNc1cc(N2CC(O)C(O)C2)nc(C(F)(F)F)n1. The van der Waals surface area contributed by atoms with E-state index in [0.29, 0.717) is 6.54 Å². The second kappa shape index (κ2) is 6.02. The third-order valence-corrected chi connectivity index (χ3v) is 3.11. The number of halogens is 3. The van der Waals surface area contributed by atoms with Crippen LogP contribution in [0.4, 0.5) is 24.8 Å². The molecule has 21 heavy (non-hydrogen) atoms. The van der Waals surface area contributed by atoms with E-state index in [1.54, 1.807) is 0 Å². The first-order valence-corrected chi connectivity index (χ1v) is 6.62. The monoisotopic (exact) mass is 306 g/mol. The van der Waals surface area contributed by atoms with E-state index in [1.807, 2.05) is 6.92 Å². The highest BCUT2D eigenvalue weighted by atomic mass is 19.4. The number of rotatable bonds is 4. The molecule has 1 aliphatic rings. The Labute approximate surface area is 119 Å². The summed E-state index contributed by atoms with van der Waals surface area (Å²) in [7, 11) is 0. The van der Waals surface area contributed by atoms with Gasteiger partial charge in [0.1, 0.15) is 11.6 Å². The Bertz CT molecular complexity index is 488. The van der Waals surface area contributed by atoms with Crippen LogP contribution in [0.15, 0.2) is 6.07 Å². The van der Waals surface area contributed by atoms with Gasteiger partial charge in [-0.2, -0.15) is 13.2 Å². The number of aliphatic hydroxyl groups is 2. The number of nitrogens with one attached hydrogen (secondary N) is 1. The van der Waals surface area contributed by atoms with E-state index in [4.69, 9.17) is 0 Å². The van der Waals surface area contributed by atoms with Crippen molar-refractivity contribution in [2.24, 2.45) is 0 Å². The smallest absolute Gasteiger partial charge is 0.389 e. The van der Waals surface area contributed by atoms with Crippen LogP contribution >= 0.6 is 0 Å². The first-order valence-electron chi connectivity index (χ1n) is 6.62. The summed E-state index contributed by atoms with van der Waals surface area (Å²) in [5.41, 5.74) is 0. The molecule has 0 aliphatic carbocycles. The van der Waals surface area contributed by atoms with Gasteiger partial charge in [-0.05, 0) is 6.42 Å². The molecule has 2 heterocycles. The number of nitrogens with zero attached hydrogens (tertiary/aromatic N) is 3. The molecule has 0 spiro atoms. The number of aliphatic hydroxyl groups excluding tert-OH is 2. The van der Waals surface area contributed by atoms with Crippen molar-refractivity contribution in [3.8, 4) is 0 Å². The first kappa shape index (κ1) is 15.8. The second-order valence-electron chi connectivity index (χ2n) is 4.90. The van der Waals surface area contributed by atoms with Crippen LogP contribution in [0.1, 0.15) is 19.2 Å². The van der Waals surface area contributed by atoms with Gasteiger partial charge in [-0.3, -0.25) is 0 Å². The molecule has 2 unspecified atom stereocenters. The van der Waals surface area contributed by atoms with Crippen LogP contribution in [-0.2, 0) is 6.18 Å².